The summed E-state index contributed by atoms with van der Waals surface area (Å²) in [5.41, 5.74) is 7.77. The molecule has 0 atom stereocenters. The van der Waals surface area contributed by atoms with E-state index in [1.54, 1.807) is 12.4 Å². The van der Waals surface area contributed by atoms with Gasteiger partial charge >= 0.3 is 0 Å². The number of nitrogens with zero attached hydrogens (tertiary/aromatic N) is 3. The van der Waals surface area contributed by atoms with Gasteiger partial charge < -0.3 is 5.73 Å². The van der Waals surface area contributed by atoms with Gasteiger partial charge in [-0.1, -0.05) is 19.1 Å². The lowest BCUT2D eigenvalue weighted by Gasteiger charge is -2.20. The average Bonchev–Trinajstić information content (AvgIpc) is 2.43. The van der Waals surface area contributed by atoms with Crippen LogP contribution in [-0.2, 0) is 13.1 Å². The highest BCUT2D eigenvalue weighted by Gasteiger charge is 2.07. The number of nitrogen functional groups attached to an aromatic ring is 1. The summed E-state index contributed by atoms with van der Waals surface area (Å²) in [6.45, 7) is 4.88. The Bertz CT molecular complexity index is 481. The van der Waals surface area contributed by atoms with Crippen LogP contribution in [0, 0.1) is 0 Å². The first kappa shape index (κ1) is 13.5. The maximum absolute atomic E-state index is 5.71. The molecule has 100 valence electrons. The Balaban J connectivity index is 2.01. The third-order valence-corrected chi connectivity index (χ3v) is 2.91. The fourth-order valence-electron chi connectivity index (χ4n) is 2.02. The van der Waals surface area contributed by atoms with E-state index in [4.69, 9.17) is 5.73 Å². The van der Waals surface area contributed by atoms with Crippen molar-refractivity contribution >= 4 is 5.69 Å². The molecule has 2 rings (SSSR count). The highest BCUT2D eigenvalue weighted by Crippen LogP contribution is 2.10. The second kappa shape index (κ2) is 6.85. The summed E-state index contributed by atoms with van der Waals surface area (Å²) in [5, 5.41) is 0. The van der Waals surface area contributed by atoms with Crippen LogP contribution in [0.3, 0.4) is 0 Å². The first-order valence-corrected chi connectivity index (χ1v) is 6.60. The van der Waals surface area contributed by atoms with Gasteiger partial charge in [-0.25, -0.2) is 9.97 Å². The van der Waals surface area contributed by atoms with Crippen molar-refractivity contribution in [2.75, 3.05) is 12.3 Å². The van der Waals surface area contributed by atoms with E-state index in [0.717, 1.165) is 37.6 Å². The van der Waals surface area contributed by atoms with Gasteiger partial charge in [-0.2, -0.15) is 0 Å². The van der Waals surface area contributed by atoms with E-state index in [-0.39, 0.29) is 0 Å². The van der Waals surface area contributed by atoms with E-state index in [2.05, 4.69) is 33.9 Å². The van der Waals surface area contributed by atoms with Crippen molar-refractivity contribution in [1.82, 2.24) is 14.9 Å². The van der Waals surface area contributed by atoms with Crippen LogP contribution >= 0.6 is 0 Å². The average molecular weight is 256 g/mol. The Morgan fingerprint density at radius 2 is 1.74 bits per heavy atom. The molecule has 4 heteroatoms. The van der Waals surface area contributed by atoms with E-state index in [9.17, 15) is 0 Å². The largest absolute Gasteiger partial charge is 0.399 e. The topological polar surface area (TPSA) is 55.0 Å². The third-order valence-electron chi connectivity index (χ3n) is 2.91. The van der Waals surface area contributed by atoms with Gasteiger partial charge in [0.25, 0.3) is 0 Å². The summed E-state index contributed by atoms with van der Waals surface area (Å²) in [7, 11) is 0. The molecule has 2 aromatic rings. The summed E-state index contributed by atoms with van der Waals surface area (Å²) in [6.07, 6.45) is 4.69. The lowest BCUT2D eigenvalue weighted by Crippen LogP contribution is -2.24. The van der Waals surface area contributed by atoms with Crippen LogP contribution in [0.15, 0.2) is 42.7 Å². The SMILES string of the molecule is CCCN(Cc1ccc(N)cc1)Cc1ncccn1. The second-order valence-electron chi connectivity index (χ2n) is 4.62. The Morgan fingerprint density at radius 3 is 2.37 bits per heavy atom. The van der Waals surface area contributed by atoms with Gasteiger partial charge in [0.1, 0.15) is 5.82 Å². The minimum absolute atomic E-state index is 0.777. The Morgan fingerprint density at radius 1 is 1.05 bits per heavy atom. The minimum atomic E-state index is 0.777. The molecule has 0 aliphatic carbocycles. The molecule has 0 saturated heterocycles. The molecule has 0 bridgehead atoms. The molecule has 0 spiro atoms. The van der Waals surface area contributed by atoms with Crippen LogP contribution in [0.1, 0.15) is 24.7 Å². The van der Waals surface area contributed by atoms with Gasteiger partial charge in [-0.05, 0) is 36.7 Å². The monoisotopic (exact) mass is 256 g/mol. The molecule has 2 N–H and O–H groups in total. The predicted molar refractivity (Wildman–Crippen MR) is 77.3 cm³/mol. The molecule has 0 aliphatic rings. The molecule has 0 unspecified atom stereocenters. The summed E-state index contributed by atoms with van der Waals surface area (Å²) < 4.78 is 0. The number of hydrogen-bond donors (Lipinski definition) is 1. The van der Waals surface area contributed by atoms with Gasteiger partial charge in [0, 0.05) is 24.6 Å². The van der Waals surface area contributed by atoms with Crippen molar-refractivity contribution in [2.45, 2.75) is 26.4 Å². The van der Waals surface area contributed by atoms with Crippen molar-refractivity contribution in [3.63, 3.8) is 0 Å². The zero-order chi connectivity index (χ0) is 13.5. The predicted octanol–water partition coefficient (Wildman–Crippen LogP) is 2.47. The normalized spacial score (nSPS) is 10.8. The van der Waals surface area contributed by atoms with Crippen LogP contribution in [0.5, 0.6) is 0 Å². The summed E-state index contributed by atoms with van der Waals surface area (Å²) in [6, 6.07) is 9.87. The summed E-state index contributed by atoms with van der Waals surface area (Å²) in [4.78, 5) is 10.9. The van der Waals surface area contributed by atoms with Gasteiger partial charge in [0.05, 0.1) is 6.54 Å². The maximum Gasteiger partial charge on any atom is 0.142 e. The minimum Gasteiger partial charge on any atom is -0.399 e. The summed E-state index contributed by atoms with van der Waals surface area (Å²) >= 11 is 0. The molecule has 4 nitrogen and oxygen atoms in total. The van der Waals surface area contributed by atoms with E-state index < -0.39 is 0 Å². The molecule has 0 amide bonds. The fraction of sp³-hybridized carbons (Fsp3) is 0.333. The van der Waals surface area contributed by atoms with Crippen molar-refractivity contribution in [1.29, 1.82) is 0 Å². The first-order chi connectivity index (χ1) is 9.28. The number of nitrogens with two attached hydrogens (primary N) is 1. The smallest absolute Gasteiger partial charge is 0.142 e. The number of rotatable bonds is 6. The van der Waals surface area contributed by atoms with Gasteiger partial charge in [-0.3, -0.25) is 4.90 Å². The highest BCUT2D eigenvalue weighted by atomic mass is 15.1. The molecule has 0 radical (unpaired) electrons. The van der Waals surface area contributed by atoms with Crippen molar-refractivity contribution in [3.05, 3.63) is 54.1 Å². The lowest BCUT2D eigenvalue weighted by molar-refractivity contribution is 0.251. The van der Waals surface area contributed by atoms with Crippen LogP contribution in [0.25, 0.3) is 0 Å². The molecule has 1 aromatic heterocycles. The molecule has 0 fully saturated rings. The van der Waals surface area contributed by atoms with Crippen molar-refractivity contribution in [3.8, 4) is 0 Å². The van der Waals surface area contributed by atoms with Crippen LogP contribution < -0.4 is 5.73 Å². The quantitative estimate of drug-likeness (QED) is 0.807. The third kappa shape index (κ3) is 4.34. The van der Waals surface area contributed by atoms with E-state index in [1.807, 2.05) is 18.2 Å². The Labute approximate surface area is 114 Å². The van der Waals surface area contributed by atoms with Crippen LogP contribution in [0.4, 0.5) is 5.69 Å². The van der Waals surface area contributed by atoms with E-state index in [0.29, 0.717) is 0 Å². The summed E-state index contributed by atoms with van der Waals surface area (Å²) in [5.74, 6) is 0.867. The molecular formula is C15H20N4. The number of benzene rings is 1. The van der Waals surface area contributed by atoms with Gasteiger partial charge in [0.15, 0.2) is 0 Å². The second-order valence-corrected chi connectivity index (χ2v) is 4.62. The van der Waals surface area contributed by atoms with Gasteiger partial charge in [0.2, 0.25) is 0 Å². The van der Waals surface area contributed by atoms with E-state index >= 15 is 0 Å². The number of aromatic nitrogens is 2. The Kier molecular flexibility index (Phi) is 4.86. The fourth-order valence-corrected chi connectivity index (χ4v) is 2.02. The molecule has 0 saturated carbocycles. The number of hydrogen-bond acceptors (Lipinski definition) is 4. The molecule has 0 aliphatic heterocycles. The van der Waals surface area contributed by atoms with Crippen LogP contribution in [-0.4, -0.2) is 21.4 Å². The lowest BCUT2D eigenvalue weighted by atomic mass is 10.2. The van der Waals surface area contributed by atoms with Gasteiger partial charge in [-0.15, -0.1) is 0 Å². The van der Waals surface area contributed by atoms with Crippen molar-refractivity contribution in [2.24, 2.45) is 0 Å². The Hall–Kier alpha value is -1.94. The molecule has 1 aromatic carbocycles. The highest BCUT2D eigenvalue weighted by molar-refractivity contribution is 5.39. The van der Waals surface area contributed by atoms with Crippen LogP contribution in [0.2, 0.25) is 0 Å². The standard InChI is InChI=1S/C15H20N4/c1-2-10-19(12-15-17-8-3-9-18-15)11-13-4-6-14(16)7-5-13/h3-9H,2,10-12,16H2,1H3. The number of anilines is 1. The maximum atomic E-state index is 5.71. The molecular weight excluding hydrogens is 236 g/mol. The van der Waals surface area contributed by atoms with E-state index in [1.165, 1.54) is 5.56 Å². The zero-order valence-electron chi connectivity index (χ0n) is 11.3. The zero-order valence-corrected chi connectivity index (χ0v) is 11.3. The van der Waals surface area contributed by atoms with Crippen molar-refractivity contribution < 1.29 is 0 Å². The molecule has 19 heavy (non-hydrogen) atoms. The first-order valence-electron chi connectivity index (χ1n) is 6.60. The molecule has 1 heterocycles.